The summed E-state index contributed by atoms with van der Waals surface area (Å²) in [6, 6.07) is 54.6. The second kappa shape index (κ2) is 15.0. The summed E-state index contributed by atoms with van der Waals surface area (Å²) in [6.45, 7) is 0. The summed E-state index contributed by atoms with van der Waals surface area (Å²) in [5.41, 5.74) is 13.9. The first-order chi connectivity index (χ1) is 27.7. The van der Waals surface area contributed by atoms with Gasteiger partial charge < -0.3 is 15.5 Å². The van der Waals surface area contributed by atoms with E-state index < -0.39 is 0 Å². The molecule has 6 aromatic carbocycles. The molecule has 8 heteroatoms. The summed E-state index contributed by atoms with van der Waals surface area (Å²) in [5.74, 6) is 1.04. The fraction of sp³-hybridized carbons (Fsp3) is 0.0417. The van der Waals surface area contributed by atoms with Crippen LogP contribution in [0, 0.1) is 0 Å². The van der Waals surface area contributed by atoms with E-state index in [9.17, 15) is 0 Å². The summed E-state index contributed by atoms with van der Waals surface area (Å²) in [5, 5.41) is 6.89. The number of guanidine groups is 2. The predicted octanol–water partition coefficient (Wildman–Crippen LogP) is 10.6. The van der Waals surface area contributed by atoms with E-state index in [-0.39, 0.29) is 0 Å². The van der Waals surface area contributed by atoms with Crippen LogP contribution in [-0.2, 0) is 0 Å². The summed E-state index contributed by atoms with van der Waals surface area (Å²) in [6.07, 6.45) is 7.93. The maximum absolute atomic E-state index is 5.03. The molecule has 2 N–H and O–H groups in total. The fourth-order valence-electron chi connectivity index (χ4n) is 7.24. The van der Waals surface area contributed by atoms with Crippen LogP contribution in [0.3, 0.4) is 0 Å². The van der Waals surface area contributed by atoms with Crippen LogP contribution >= 0.6 is 0 Å². The number of hydrogen-bond donors (Lipinski definition) is 2. The molecular formula is C48H38N8. The van der Waals surface area contributed by atoms with E-state index in [1.54, 1.807) is 0 Å². The molecule has 0 bridgehead atoms. The lowest BCUT2D eigenvalue weighted by atomic mass is 9.93. The van der Waals surface area contributed by atoms with Gasteiger partial charge in [-0.25, -0.2) is 24.9 Å². The van der Waals surface area contributed by atoms with Gasteiger partial charge in [0.2, 0.25) is 11.9 Å². The van der Waals surface area contributed by atoms with Crippen molar-refractivity contribution in [2.75, 3.05) is 29.6 Å². The Hall–Kier alpha value is -7.58. The minimum Gasteiger partial charge on any atom is -0.388 e. The van der Waals surface area contributed by atoms with Crippen molar-refractivity contribution in [3.63, 3.8) is 0 Å². The largest absolute Gasteiger partial charge is 0.388 e. The van der Waals surface area contributed by atoms with E-state index in [4.69, 9.17) is 9.98 Å². The second-order valence-corrected chi connectivity index (χ2v) is 13.3. The maximum atomic E-state index is 5.03. The van der Waals surface area contributed by atoms with E-state index in [1.165, 1.54) is 6.34 Å². The van der Waals surface area contributed by atoms with Gasteiger partial charge in [-0.3, -0.25) is 0 Å². The third-order valence-corrected chi connectivity index (χ3v) is 9.92. The molecule has 270 valence electrons. The molecule has 6 aromatic rings. The average Bonchev–Trinajstić information content (AvgIpc) is 3.26. The van der Waals surface area contributed by atoms with E-state index in [1.807, 2.05) is 43.3 Å². The van der Waals surface area contributed by atoms with Crippen molar-refractivity contribution in [1.82, 2.24) is 4.90 Å². The van der Waals surface area contributed by atoms with E-state index in [0.29, 0.717) is 11.9 Å². The summed E-state index contributed by atoms with van der Waals surface area (Å²) >= 11 is 0. The molecule has 0 radical (unpaired) electrons. The van der Waals surface area contributed by atoms with E-state index in [2.05, 4.69) is 177 Å². The van der Waals surface area contributed by atoms with Gasteiger partial charge in [0.25, 0.3) is 0 Å². The molecule has 0 spiro atoms. The van der Waals surface area contributed by atoms with Gasteiger partial charge in [0, 0.05) is 53.7 Å². The number of anilines is 5. The van der Waals surface area contributed by atoms with Crippen LogP contribution in [0.4, 0.5) is 28.4 Å². The maximum Gasteiger partial charge on any atom is 0.239 e. The molecule has 8 nitrogen and oxygen atoms in total. The Kier molecular flexibility index (Phi) is 9.19. The van der Waals surface area contributed by atoms with Crippen molar-refractivity contribution in [2.24, 2.45) is 20.0 Å². The van der Waals surface area contributed by atoms with Crippen LogP contribution in [-0.4, -0.2) is 43.0 Å². The molecule has 9 rings (SSSR count). The Bertz CT molecular complexity index is 2600. The minimum absolute atomic E-state index is 0.519. The van der Waals surface area contributed by atoms with Gasteiger partial charge in [-0.2, -0.15) is 0 Å². The molecule has 0 aliphatic carbocycles. The van der Waals surface area contributed by atoms with Crippen molar-refractivity contribution in [1.29, 1.82) is 0 Å². The van der Waals surface area contributed by atoms with Crippen molar-refractivity contribution >= 4 is 69.8 Å². The van der Waals surface area contributed by atoms with Crippen molar-refractivity contribution in [3.8, 4) is 0 Å². The van der Waals surface area contributed by atoms with E-state index in [0.717, 1.165) is 78.9 Å². The molecular weight excluding hydrogens is 689 g/mol. The molecule has 56 heavy (non-hydrogen) atoms. The average molecular weight is 727 g/mol. The first-order valence-corrected chi connectivity index (χ1v) is 18.6. The number of para-hydroxylation sites is 2. The smallest absolute Gasteiger partial charge is 0.239 e. The fourth-order valence-corrected chi connectivity index (χ4v) is 7.24. The number of aliphatic imine (C=N–C) groups is 4. The van der Waals surface area contributed by atoms with Crippen LogP contribution in [0.15, 0.2) is 196 Å². The molecule has 0 saturated heterocycles. The summed E-state index contributed by atoms with van der Waals surface area (Å²) in [7, 11) is 3.89. The molecule has 0 fully saturated rings. The van der Waals surface area contributed by atoms with Crippen molar-refractivity contribution in [3.05, 3.63) is 203 Å². The second-order valence-electron chi connectivity index (χ2n) is 13.3. The highest BCUT2D eigenvalue weighted by Gasteiger charge is 2.32. The predicted molar refractivity (Wildman–Crippen MR) is 234 cm³/mol. The quantitative estimate of drug-likeness (QED) is 0.138. The lowest BCUT2D eigenvalue weighted by molar-refractivity contribution is 0.738. The monoisotopic (exact) mass is 726 g/mol. The Morgan fingerprint density at radius 3 is 1.88 bits per heavy atom. The molecule has 3 heterocycles. The first kappa shape index (κ1) is 34.2. The van der Waals surface area contributed by atoms with Gasteiger partial charge in [0.15, 0.2) is 0 Å². The van der Waals surface area contributed by atoms with Crippen LogP contribution < -0.4 is 15.5 Å². The number of hydrogen-bond acceptors (Lipinski definition) is 8. The first-order valence-electron chi connectivity index (χ1n) is 18.6. The highest BCUT2D eigenvalue weighted by atomic mass is 15.4. The number of rotatable bonds is 10. The number of benzene rings is 6. The third-order valence-electron chi connectivity index (χ3n) is 9.92. The number of nitrogens with one attached hydrogen (secondary N) is 2. The van der Waals surface area contributed by atoms with Crippen LogP contribution in [0.5, 0.6) is 0 Å². The highest BCUT2D eigenvalue weighted by Crippen LogP contribution is 2.40. The summed E-state index contributed by atoms with van der Waals surface area (Å²) in [4.78, 5) is 23.4. The molecule has 3 aliphatic rings. The zero-order chi connectivity index (χ0) is 37.8. The molecule has 0 amide bonds. The standard InChI is InChI=1S/C48H38N8/c1-49-43-28-35(42(34-17-9-4-10-18-34)27-33-15-7-3-8-16-33)23-25-40(43)45-30-39-31-46(54-48-52-32-51-47(53-45)56(39)48)41-26-24-38(29-44(41)50-2)55(36-19-11-5-12-20-36)37-21-13-6-14-22-37/h3-32,49-50H,1-2H3/b42-27+. The number of allylic oxidation sites excluding steroid dienone is 2. The molecule has 0 saturated carbocycles. The molecule has 0 atom stereocenters. The van der Waals surface area contributed by atoms with Gasteiger partial charge >= 0.3 is 0 Å². The SMILES string of the molecule is CNc1cc(N(c2ccccc2)c2ccccc2)ccc1C1=CC2=CC(c3ccc(/C(=C/c4ccccc4)c4ccccc4)cc3NC)=NC3=NC=NC(=N1)N23. The Morgan fingerprint density at radius 1 is 0.571 bits per heavy atom. The molecule has 0 unspecified atom stereocenters. The highest BCUT2D eigenvalue weighted by molar-refractivity contribution is 6.24. The molecule has 0 aromatic heterocycles. The van der Waals surface area contributed by atoms with Gasteiger partial charge in [0.05, 0.1) is 17.1 Å². The van der Waals surface area contributed by atoms with Gasteiger partial charge in [-0.05, 0) is 89.0 Å². The Balaban J connectivity index is 1.10. The van der Waals surface area contributed by atoms with Gasteiger partial charge in [-0.15, -0.1) is 0 Å². The zero-order valence-corrected chi connectivity index (χ0v) is 31.0. The minimum atomic E-state index is 0.519. The normalized spacial score (nSPS) is 14.4. The zero-order valence-electron chi connectivity index (χ0n) is 31.0. The van der Waals surface area contributed by atoms with Crippen molar-refractivity contribution in [2.45, 2.75) is 0 Å². The van der Waals surface area contributed by atoms with Gasteiger partial charge in [0.1, 0.15) is 6.34 Å². The third kappa shape index (κ3) is 6.60. The van der Waals surface area contributed by atoms with Crippen LogP contribution in [0.25, 0.3) is 17.3 Å². The Morgan fingerprint density at radius 2 is 1.20 bits per heavy atom. The Labute approximate surface area is 326 Å². The van der Waals surface area contributed by atoms with Crippen LogP contribution in [0.1, 0.15) is 27.8 Å². The van der Waals surface area contributed by atoms with Gasteiger partial charge in [-0.1, -0.05) is 109 Å². The van der Waals surface area contributed by atoms with Crippen LogP contribution in [0.2, 0.25) is 0 Å². The number of nitrogens with zero attached hydrogens (tertiary/aromatic N) is 6. The van der Waals surface area contributed by atoms with Crippen molar-refractivity contribution < 1.29 is 0 Å². The lowest BCUT2D eigenvalue weighted by Crippen LogP contribution is -2.40. The topological polar surface area (TPSA) is 80.0 Å². The molecule has 3 aliphatic heterocycles. The lowest BCUT2D eigenvalue weighted by Gasteiger charge is -2.32. The van der Waals surface area contributed by atoms with E-state index >= 15 is 0 Å². The summed E-state index contributed by atoms with van der Waals surface area (Å²) < 4.78 is 0.